The largest absolute Gasteiger partial charge is 0.465 e. The molecule has 470 valence electrons. The number of halogens is 1. The van der Waals surface area contributed by atoms with Crippen molar-refractivity contribution in [2.24, 2.45) is 5.73 Å². The number of primary amides is 1. The van der Waals surface area contributed by atoms with E-state index in [9.17, 15) is 38.5 Å². The molecule has 0 fully saturated rings. The molecule has 5 aromatic carbocycles. The van der Waals surface area contributed by atoms with Crippen LogP contribution in [0.25, 0.3) is 33.1 Å². The number of amides is 1. The number of rotatable bonds is 6. The molecule has 0 atom stereocenters. The van der Waals surface area contributed by atoms with E-state index in [1.54, 1.807) is 72.8 Å². The second-order valence-electron chi connectivity index (χ2n) is 12.6. The average Bonchev–Trinajstić information content (AvgIpc) is 4.26. The Kier molecular flexibility index (Phi) is 70.1. The van der Waals surface area contributed by atoms with Gasteiger partial charge >= 0.3 is 23.9 Å². The number of methoxy groups -OCH3 is 4. The molecule has 3 aromatic heterocycles. The predicted octanol–water partition coefficient (Wildman–Crippen LogP) is 10.3. The number of para-hydroxylation sites is 3. The minimum atomic E-state index is -1.00. The third kappa shape index (κ3) is 33.3. The first kappa shape index (κ1) is 99.2. The van der Waals surface area contributed by atoms with Crippen molar-refractivity contribution in [1.82, 2.24) is 45.4 Å². The SMILES string of the molecule is C=C.CC.CC.CC.CC.CC.COC(=O)c1cccc(N)c1N.COC(=O)c1cccc([N+](=O)[O-])c1N.COC(=O)c1cccc2n[nH]nc12.[2H]CF.[CH2-]n1nc2cccc(C(=O)OC)c2n1.[CH2-]n1nc2cccc(C(N)=O)c2n1.[CH3-].[W].[W].[W].[Y].[Y]. The molecule has 0 bridgehead atoms. The van der Waals surface area contributed by atoms with Crippen molar-refractivity contribution in [2.75, 3.05) is 52.8 Å². The Hall–Kier alpha value is -5.87. The maximum Gasteiger partial charge on any atom is 0.340 e. The molecule has 0 saturated carbocycles. The minimum absolute atomic E-state index is 0. The van der Waals surface area contributed by atoms with Gasteiger partial charge < -0.3 is 58.9 Å². The number of hydrogen-bond acceptors (Lipinski definition) is 20. The van der Waals surface area contributed by atoms with Gasteiger partial charge in [-0.3, -0.25) is 33.4 Å². The molecule has 0 saturated heterocycles. The van der Waals surface area contributed by atoms with Gasteiger partial charge in [0.15, 0.2) is 0 Å². The van der Waals surface area contributed by atoms with Gasteiger partial charge in [0, 0.05) is 135 Å². The number of ether oxygens (including phenoxy) is 4. The topological polar surface area (TPSA) is 372 Å². The molecule has 31 heteroatoms. The normalized spacial score (nSPS) is 8.29. The van der Waals surface area contributed by atoms with E-state index < -0.39 is 41.9 Å². The zero-order valence-electron chi connectivity index (χ0n) is 52.3. The first-order valence-corrected chi connectivity index (χ1v) is 24.2. The summed E-state index contributed by atoms with van der Waals surface area (Å²) in [6, 6.07) is 24.2. The number of aromatic nitrogens is 9. The summed E-state index contributed by atoms with van der Waals surface area (Å²) in [7, 11) is 11.2. The van der Waals surface area contributed by atoms with Gasteiger partial charge in [-0.15, -0.1) is 13.2 Å². The number of nitro groups is 1. The molecule has 25 nitrogen and oxygen atoms in total. The van der Waals surface area contributed by atoms with Gasteiger partial charge in [0.25, 0.3) is 11.6 Å². The fourth-order valence-electron chi connectivity index (χ4n) is 5.45. The number of nitrogens with one attached hydrogen (secondary N) is 1. The quantitative estimate of drug-likeness (QED) is 0.0196. The van der Waals surface area contributed by atoms with Crippen molar-refractivity contribution in [1.29, 1.82) is 0 Å². The summed E-state index contributed by atoms with van der Waals surface area (Å²) in [4.78, 5) is 67.7. The van der Waals surface area contributed by atoms with E-state index in [4.69, 9.17) is 24.3 Å². The number of nitrogens with zero attached hydrogens (tertiary/aromatic N) is 9. The van der Waals surface area contributed by atoms with Crippen molar-refractivity contribution >= 4 is 85.6 Å². The Morgan fingerprint density at radius 3 is 1.22 bits per heavy atom. The Morgan fingerprint density at radius 1 is 0.547 bits per heavy atom. The summed E-state index contributed by atoms with van der Waals surface area (Å²) in [5.41, 5.74) is 26.7. The maximum atomic E-state index is 11.3. The molecule has 0 spiro atoms. The number of anilines is 3. The Bertz CT molecular complexity index is 3150. The summed E-state index contributed by atoms with van der Waals surface area (Å²) in [6.07, 6.45) is 0. The first-order chi connectivity index (χ1) is 38.9. The Morgan fingerprint density at radius 2 is 0.849 bits per heavy atom. The number of nitro benzene ring substituents is 1. The zero-order chi connectivity index (χ0) is 63.4. The molecule has 0 unspecified atom stereocenters. The van der Waals surface area contributed by atoms with Crippen LogP contribution in [0.2, 0.25) is 0 Å². The van der Waals surface area contributed by atoms with Crippen molar-refractivity contribution in [2.45, 2.75) is 69.2 Å². The zero-order valence-corrected chi connectivity index (χ0v) is 65.8. The second kappa shape index (κ2) is 60.8. The van der Waals surface area contributed by atoms with Crippen LogP contribution in [-0.4, -0.2) is 116 Å². The molecule has 8 rings (SSSR count). The monoisotopic (exact) mass is 1860 g/mol. The number of hydrogen-bond donors (Lipinski definition) is 5. The van der Waals surface area contributed by atoms with E-state index in [1.807, 2.05) is 69.2 Å². The molecular weight excluding hydrogens is 1780 g/mol. The Labute approximate surface area is 598 Å². The van der Waals surface area contributed by atoms with Crippen molar-refractivity contribution < 1.29 is 182 Å². The Balaban J connectivity index is -0.0000000991. The number of H-pyrrole nitrogens is 1. The van der Waals surface area contributed by atoms with Crippen LogP contribution in [0.5, 0.6) is 0 Å². The number of alkyl halides is 1. The number of nitrogen functional groups attached to an aromatic ring is 3. The van der Waals surface area contributed by atoms with Crippen LogP contribution in [-0.2, 0) is 148 Å². The van der Waals surface area contributed by atoms with E-state index in [-0.39, 0.29) is 159 Å². The number of benzene rings is 5. The summed E-state index contributed by atoms with van der Waals surface area (Å²) in [5.74, 6) is -2.49. The van der Waals surface area contributed by atoms with Crippen LogP contribution in [0.1, 0.15) is 122 Å². The first-order valence-electron chi connectivity index (χ1n) is 24.9. The molecule has 2 radical (unpaired) electrons. The molecule has 9 N–H and O–H groups in total. The molecule has 86 heavy (non-hydrogen) atoms. The van der Waals surface area contributed by atoms with Crippen LogP contribution in [0.15, 0.2) is 104 Å². The van der Waals surface area contributed by atoms with Gasteiger partial charge in [-0.25, -0.2) is 19.2 Å². The molecule has 0 aliphatic heterocycles. The van der Waals surface area contributed by atoms with E-state index >= 15 is 0 Å². The van der Waals surface area contributed by atoms with E-state index in [0.717, 1.165) is 4.80 Å². The minimum Gasteiger partial charge on any atom is -0.465 e. The molecule has 0 aliphatic carbocycles. The van der Waals surface area contributed by atoms with Crippen LogP contribution in [0.3, 0.4) is 0 Å². The fourth-order valence-corrected chi connectivity index (χ4v) is 5.45. The van der Waals surface area contributed by atoms with Gasteiger partial charge in [0.1, 0.15) is 38.8 Å². The number of carbonyl (C=O) groups is 5. The summed E-state index contributed by atoms with van der Waals surface area (Å²) >= 11 is 0. The van der Waals surface area contributed by atoms with Crippen molar-refractivity contribution in [3.05, 3.63) is 164 Å². The number of aromatic amines is 1. The van der Waals surface area contributed by atoms with E-state index in [1.165, 1.54) is 51.4 Å². The van der Waals surface area contributed by atoms with E-state index in [2.05, 4.69) is 82.0 Å². The third-order valence-corrected chi connectivity index (χ3v) is 8.56. The number of esters is 4. The second-order valence-corrected chi connectivity index (χ2v) is 12.6. The summed E-state index contributed by atoms with van der Waals surface area (Å²) < 4.78 is 33.6. The summed E-state index contributed by atoms with van der Waals surface area (Å²) in [5, 5.41) is 36.4. The van der Waals surface area contributed by atoms with Crippen LogP contribution in [0.4, 0.5) is 27.1 Å². The van der Waals surface area contributed by atoms with Gasteiger partial charge in [-0.1, -0.05) is 99.6 Å². The number of nitrogens with two attached hydrogens (primary N) is 4. The molecular formula is C55H80FN14O11W3Y2-3. The van der Waals surface area contributed by atoms with Gasteiger partial charge in [-0.2, -0.15) is 35.8 Å². The van der Waals surface area contributed by atoms with E-state index in [0.29, 0.717) is 61.0 Å². The standard InChI is InChI=1S/C9H8N3O2.C8H7N4O.C8H7N3O2.C8H8N2O4.C8H10N2O2.5C2H6.C2H4.CH3F.CH3.3W.2Y/c1-12-10-7-5-3-4-6(8(7)11-12)9(13)14-2;1-12-10-6-4-2-3-5(8(9)13)7(6)11-12;1-13-8(12)5-3-2-4-6-7(5)10-11-9-6;1-14-8(11)5-3-2-4-6(7(5)9)10(12)13;1-12-8(11)5-3-2-4-6(9)7(5)10;7*1-2;;;;;;/h3-5H,1H2,2H3;2-4H,1H2,(H2,9,13);2-4H,1H3,(H,9,10,11);2-4H,9H2,1H3;2-4H,9-10H2,1H3;5*1-2H3;1-2H2;1H3;1H3;;;;;/q2*-1;;;;;;;;;;;-1;;;;;/i;;;;;;;;;;;1D;;;;;;. The number of carbonyl (C=O) groups excluding carboxylic acids is 5. The van der Waals surface area contributed by atoms with Crippen molar-refractivity contribution in [3.63, 3.8) is 0 Å². The van der Waals surface area contributed by atoms with Crippen LogP contribution < -0.4 is 22.9 Å². The predicted molar refractivity (Wildman–Crippen MR) is 319 cm³/mol. The average molecular weight is 1860 g/mol. The third-order valence-electron chi connectivity index (χ3n) is 8.56. The fraction of sp³-hybridized carbons (Fsp3) is 0.273. The summed E-state index contributed by atoms with van der Waals surface area (Å²) in [6.45, 7) is 26.0. The molecule has 1 amide bonds. The van der Waals surface area contributed by atoms with Crippen LogP contribution in [0, 0.1) is 31.6 Å². The van der Waals surface area contributed by atoms with Crippen LogP contribution >= 0.6 is 0 Å². The van der Waals surface area contributed by atoms with Crippen molar-refractivity contribution in [3.8, 4) is 0 Å². The molecule has 3 heterocycles. The molecule has 8 aromatic rings. The van der Waals surface area contributed by atoms with Gasteiger partial charge in [-0.05, 0) is 54.6 Å². The molecule has 0 aliphatic rings. The van der Waals surface area contributed by atoms with Gasteiger partial charge in [0.2, 0.25) is 0 Å². The maximum absolute atomic E-state index is 11.3. The smallest absolute Gasteiger partial charge is 0.340 e. The number of fused-ring (bicyclic) bond motifs is 3. The van der Waals surface area contributed by atoms with Gasteiger partial charge in [0.05, 0.1) is 81.1 Å².